The van der Waals surface area contributed by atoms with E-state index in [0.717, 1.165) is 35.7 Å². The zero-order valence-electron chi connectivity index (χ0n) is 12.3. The highest BCUT2D eigenvalue weighted by Gasteiger charge is 2.22. The van der Waals surface area contributed by atoms with E-state index >= 15 is 0 Å². The highest BCUT2D eigenvalue weighted by Crippen LogP contribution is 2.29. The van der Waals surface area contributed by atoms with Crippen molar-refractivity contribution in [2.24, 2.45) is 0 Å². The summed E-state index contributed by atoms with van der Waals surface area (Å²) in [6.07, 6.45) is 0.125. The third kappa shape index (κ3) is 4.11. The molecule has 5 heteroatoms. The smallest absolute Gasteiger partial charge is 0.133 e. The van der Waals surface area contributed by atoms with E-state index in [1.807, 2.05) is 18.2 Å². The number of methoxy groups -OCH3 is 1. The molecule has 1 aliphatic rings. The molecule has 1 aromatic carbocycles. The molecule has 0 spiro atoms. The zero-order chi connectivity index (χ0) is 14.5. The summed E-state index contributed by atoms with van der Waals surface area (Å²) >= 11 is 3.49. The molecule has 0 aliphatic carbocycles. The predicted octanol–water partition coefficient (Wildman–Crippen LogP) is 2.95. The maximum absolute atomic E-state index is 5.85. The number of rotatable bonds is 5. The Bertz CT molecular complexity index is 439. The Labute approximate surface area is 129 Å². The van der Waals surface area contributed by atoms with Crippen molar-refractivity contribution in [2.45, 2.75) is 26.0 Å². The van der Waals surface area contributed by atoms with Crippen molar-refractivity contribution in [2.75, 3.05) is 33.4 Å². The first-order valence-corrected chi connectivity index (χ1v) is 7.71. The van der Waals surface area contributed by atoms with Crippen LogP contribution in [0.5, 0.6) is 11.5 Å². The number of benzene rings is 1. The Balaban J connectivity index is 1.88. The number of hydrogen-bond donors (Lipinski definition) is 0. The van der Waals surface area contributed by atoms with Crippen LogP contribution in [0, 0.1) is 0 Å². The Hall–Kier alpha value is -0.780. The number of hydrogen-bond acceptors (Lipinski definition) is 4. The molecule has 0 amide bonds. The van der Waals surface area contributed by atoms with Gasteiger partial charge in [0.2, 0.25) is 0 Å². The van der Waals surface area contributed by atoms with E-state index in [1.54, 1.807) is 7.11 Å². The van der Waals surface area contributed by atoms with Gasteiger partial charge in [0.15, 0.2) is 0 Å². The molecule has 1 atom stereocenters. The van der Waals surface area contributed by atoms with Gasteiger partial charge in [-0.3, -0.25) is 4.90 Å². The summed E-state index contributed by atoms with van der Waals surface area (Å²) in [5.41, 5.74) is 0. The Morgan fingerprint density at radius 2 is 2.25 bits per heavy atom. The average Bonchev–Trinajstić information content (AvgIpc) is 2.46. The van der Waals surface area contributed by atoms with E-state index in [9.17, 15) is 0 Å². The van der Waals surface area contributed by atoms with Crippen molar-refractivity contribution in [1.29, 1.82) is 0 Å². The number of nitrogens with zero attached hydrogens (tertiary/aromatic N) is 1. The molecule has 2 rings (SSSR count). The van der Waals surface area contributed by atoms with Crippen LogP contribution in [0.15, 0.2) is 22.7 Å². The van der Waals surface area contributed by atoms with E-state index in [0.29, 0.717) is 12.6 Å². The van der Waals surface area contributed by atoms with Crippen LogP contribution in [-0.2, 0) is 4.74 Å². The van der Waals surface area contributed by atoms with Crippen molar-refractivity contribution in [3.8, 4) is 11.5 Å². The lowest BCUT2D eigenvalue weighted by atomic mass is 10.2. The molecule has 112 valence electrons. The van der Waals surface area contributed by atoms with Crippen molar-refractivity contribution in [1.82, 2.24) is 4.90 Å². The second kappa shape index (κ2) is 7.29. The first kappa shape index (κ1) is 15.6. The normalized spacial score (nSPS) is 20.1. The topological polar surface area (TPSA) is 30.9 Å². The first-order chi connectivity index (χ1) is 9.60. The van der Waals surface area contributed by atoms with E-state index in [1.165, 1.54) is 0 Å². The monoisotopic (exact) mass is 343 g/mol. The van der Waals surface area contributed by atoms with Crippen molar-refractivity contribution in [3.05, 3.63) is 22.7 Å². The number of halogens is 1. The fourth-order valence-electron chi connectivity index (χ4n) is 2.22. The molecule has 0 bridgehead atoms. The molecule has 0 radical (unpaired) electrons. The van der Waals surface area contributed by atoms with Gasteiger partial charge < -0.3 is 14.2 Å². The van der Waals surface area contributed by atoms with Crippen LogP contribution in [0.3, 0.4) is 0 Å². The zero-order valence-corrected chi connectivity index (χ0v) is 13.9. The molecule has 1 aliphatic heterocycles. The second-order valence-electron chi connectivity index (χ2n) is 5.19. The lowest BCUT2D eigenvalue weighted by Crippen LogP contribution is -2.47. The third-order valence-corrected chi connectivity index (χ3v) is 4.08. The fraction of sp³-hybridized carbons (Fsp3) is 0.600. The molecule has 1 aromatic rings. The van der Waals surface area contributed by atoms with Crippen LogP contribution in [0.2, 0.25) is 0 Å². The quantitative estimate of drug-likeness (QED) is 0.822. The maximum Gasteiger partial charge on any atom is 0.133 e. The van der Waals surface area contributed by atoms with Crippen molar-refractivity contribution < 1.29 is 14.2 Å². The van der Waals surface area contributed by atoms with Crippen LogP contribution < -0.4 is 9.47 Å². The molecule has 1 fully saturated rings. The summed E-state index contributed by atoms with van der Waals surface area (Å²) in [5, 5.41) is 0. The van der Waals surface area contributed by atoms with Crippen LogP contribution >= 0.6 is 15.9 Å². The first-order valence-electron chi connectivity index (χ1n) is 6.92. The van der Waals surface area contributed by atoms with E-state index in [-0.39, 0.29) is 6.10 Å². The van der Waals surface area contributed by atoms with Crippen LogP contribution in [0.25, 0.3) is 0 Å². The molecular weight excluding hydrogens is 322 g/mol. The largest absolute Gasteiger partial charge is 0.497 e. The molecule has 20 heavy (non-hydrogen) atoms. The highest BCUT2D eigenvalue weighted by molar-refractivity contribution is 9.10. The van der Waals surface area contributed by atoms with Gasteiger partial charge in [0.05, 0.1) is 18.2 Å². The SMILES string of the molecule is COc1ccc(OCC2CN(C(C)C)CCO2)c(Br)c1. The molecule has 1 unspecified atom stereocenters. The Morgan fingerprint density at radius 1 is 1.45 bits per heavy atom. The average molecular weight is 344 g/mol. The van der Waals surface area contributed by atoms with Crippen LogP contribution in [-0.4, -0.2) is 50.5 Å². The summed E-state index contributed by atoms with van der Waals surface area (Å²) in [4.78, 5) is 2.42. The van der Waals surface area contributed by atoms with Gasteiger partial charge in [-0.25, -0.2) is 0 Å². The highest BCUT2D eigenvalue weighted by atomic mass is 79.9. The summed E-state index contributed by atoms with van der Waals surface area (Å²) in [6, 6.07) is 6.25. The molecule has 0 N–H and O–H groups in total. The van der Waals surface area contributed by atoms with Gasteiger partial charge in [-0.1, -0.05) is 0 Å². The standard InChI is InChI=1S/C15H22BrNO3/c1-11(2)17-6-7-19-13(9-17)10-20-15-5-4-12(18-3)8-14(15)16/h4-5,8,11,13H,6-7,9-10H2,1-3H3. The van der Waals surface area contributed by atoms with Gasteiger partial charge >= 0.3 is 0 Å². The van der Waals surface area contributed by atoms with Gasteiger partial charge in [-0.2, -0.15) is 0 Å². The van der Waals surface area contributed by atoms with Gasteiger partial charge in [0.1, 0.15) is 24.2 Å². The van der Waals surface area contributed by atoms with E-state index in [4.69, 9.17) is 14.2 Å². The van der Waals surface area contributed by atoms with Crippen molar-refractivity contribution in [3.63, 3.8) is 0 Å². The minimum atomic E-state index is 0.125. The summed E-state index contributed by atoms with van der Waals surface area (Å²) in [6.45, 7) is 7.68. The molecule has 0 saturated carbocycles. The molecule has 0 aromatic heterocycles. The maximum atomic E-state index is 5.85. The molecule has 1 saturated heterocycles. The molecule has 1 heterocycles. The molecular formula is C15H22BrNO3. The number of ether oxygens (including phenoxy) is 3. The predicted molar refractivity (Wildman–Crippen MR) is 82.6 cm³/mol. The summed E-state index contributed by atoms with van der Waals surface area (Å²) in [7, 11) is 1.65. The fourth-order valence-corrected chi connectivity index (χ4v) is 2.69. The van der Waals surface area contributed by atoms with Gasteiger partial charge in [0, 0.05) is 19.1 Å². The van der Waals surface area contributed by atoms with E-state index in [2.05, 4.69) is 34.7 Å². The summed E-state index contributed by atoms with van der Waals surface area (Å²) < 4.78 is 17.7. The van der Waals surface area contributed by atoms with Crippen molar-refractivity contribution >= 4 is 15.9 Å². The van der Waals surface area contributed by atoms with E-state index < -0.39 is 0 Å². The lowest BCUT2D eigenvalue weighted by Gasteiger charge is -2.35. The minimum Gasteiger partial charge on any atom is -0.497 e. The Kier molecular flexibility index (Phi) is 5.69. The van der Waals surface area contributed by atoms with Gasteiger partial charge in [-0.05, 0) is 48.0 Å². The van der Waals surface area contributed by atoms with Crippen LogP contribution in [0.4, 0.5) is 0 Å². The van der Waals surface area contributed by atoms with Gasteiger partial charge in [0.25, 0.3) is 0 Å². The second-order valence-corrected chi connectivity index (χ2v) is 6.04. The van der Waals surface area contributed by atoms with Crippen LogP contribution in [0.1, 0.15) is 13.8 Å². The third-order valence-electron chi connectivity index (χ3n) is 3.46. The van der Waals surface area contributed by atoms with Gasteiger partial charge in [-0.15, -0.1) is 0 Å². The summed E-state index contributed by atoms with van der Waals surface area (Å²) in [5.74, 6) is 1.63. The lowest BCUT2D eigenvalue weighted by molar-refractivity contribution is -0.0565. The minimum absolute atomic E-state index is 0.125. The molecule has 4 nitrogen and oxygen atoms in total. The number of morpholine rings is 1. The Morgan fingerprint density at radius 3 is 2.90 bits per heavy atom.